The zero-order valence-corrected chi connectivity index (χ0v) is 13.8. The summed E-state index contributed by atoms with van der Waals surface area (Å²) in [7, 11) is 0. The Kier molecular flexibility index (Phi) is 4.86. The monoisotopic (exact) mass is 337 g/mol. The van der Waals surface area contributed by atoms with Gasteiger partial charge in [-0.05, 0) is 12.5 Å². The van der Waals surface area contributed by atoms with Gasteiger partial charge in [0.15, 0.2) is 10.9 Å². The molecule has 2 aromatic carbocycles. The fourth-order valence-electron chi connectivity index (χ4n) is 2.10. The van der Waals surface area contributed by atoms with Crippen molar-refractivity contribution in [2.24, 2.45) is 0 Å². The summed E-state index contributed by atoms with van der Waals surface area (Å²) in [4.78, 5) is 26.5. The van der Waals surface area contributed by atoms with Crippen molar-refractivity contribution in [2.75, 3.05) is 0 Å². The molecule has 1 N–H and O–H groups in total. The van der Waals surface area contributed by atoms with Crippen molar-refractivity contribution in [3.8, 4) is 0 Å². The number of ketones is 1. The van der Waals surface area contributed by atoms with Gasteiger partial charge in [-0.2, -0.15) is 0 Å². The average molecular weight is 337 g/mol. The number of aromatic amines is 1. The van der Waals surface area contributed by atoms with E-state index in [1.165, 1.54) is 11.8 Å². The first-order chi connectivity index (χ1) is 11.6. The second-order valence-electron chi connectivity index (χ2n) is 5.23. The highest BCUT2D eigenvalue weighted by atomic mass is 32.2. The molecule has 1 heterocycles. The number of H-pyrrole nitrogens is 1. The van der Waals surface area contributed by atoms with Crippen LogP contribution in [-0.2, 0) is 5.75 Å². The molecular formula is C18H15N3O2S. The predicted octanol–water partition coefficient (Wildman–Crippen LogP) is 3.00. The number of nitrogens with zero attached hydrogens (tertiary/aromatic N) is 2. The SMILES string of the molecule is Cc1nnc(SCc2ccc(C(=O)c3ccccc3)cc2)[nH]c1=O. The summed E-state index contributed by atoms with van der Waals surface area (Å²) in [6, 6.07) is 16.6. The Balaban J connectivity index is 1.67. The molecule has 0 bridgehead atoms. The third-order valence-electron chi connectivity index (χ3n) is 3.47. The molecule has 3 aromatic rings. The van der Waals surface area contributed by atoms with Crippen LogP contribution in [0, 0.1) is 6.92 Å². The van der Waals surface area contributed by atoms with E-state index < -0.39 is 0 Å². The maximum atomic E-state index is 12.3. The van der Waals surface area contributed by atoms with E-state index in [-0.39, 0.29) is 11.3 Å². The molecule has 0 amide bonds. The maximum Gasteiger partial charge on any atom is 0.273 e. The molecule has 0 atom stereocenters. The molecule has 24 heavy (non-hydrogen) atoms. The summed E-state index contributed by atoms with van der Waals surface area (Å²) in [6.07, 6.45) is 0. The summed E-state index contributed by atoms with van der Waals surface area (Å²) < 4.78 is 0. The van der Waals surface area contributed by atoms with E-state index in [0.29, 0.717) is 27.7 Å². The lowest BCUT2D eigenvalue weighted by Gasteiger charge is -2.04. The number of aromatic nitrogens is 3. The largest absolute Gasteiger partial charge is 0.298 e. The minimum Gasteiger partial charge on any atom is -0.298 e. The standard InChI is InChI=1S/C18H15N3O2S/c1-12-17(23)19-18(21-20-12)24-11-13-7-9-15(10-8-13)16(22)14-5-3-2-4-6-14/h2-10H,11H2,1H3,(H,19,21,23). The van der Waals surface area contributed by atoms with Gasteiger partial charge in [-0.15, -0.1) is 10.2 Å². The first-order valence-corrected chi connectivity index (χ1v) is 8.37. The highest BCUT2D eigenvalue weighted by Gasteiger charge is 2.08. The molecule has 0 fully saturated rings. The van der Waals surface area contributed by atoms with Crippen LogP contribution in [0.25, 0.3) is 0 Å². The molecule has 0 aliphatic heterocycles. The summed E-state index contributed by atoms with van der Waals surface area (Å²) in [5.74, 6) is 0.636. The topological polar surface area (TPSA) is 75.7 Å². The molecule has 3 rings (SSSR count). The normalized spacial score (nSPS) is 10.5. The summed E-state index contributed by atoms with van der Waals surface area (Å²) >= 11 is 1.39. The smallest absolute Gasteiger partial charge is 0.273 e. The summed E-state index contributed by atoms with van der Waals surface area (Å²) in [5.41, 5.74) is 2.48. The van der Waals surface area contributed by atoms with E-state index in [9.17, 15) is 9.59 Å². The van der Waals surface area contributed by atoms with Crippen LogP contribution in [0.4, 0.5) is 0 Å². The summed E-state index contributed by atoms with van der Waals surface area (Å²) in [6.45, 7) is 1.61. The molecule has 0 saturated carbocycles. The van der Waals surface area contributed by atoms with Crippen LogP contribution in [0.1, 0.15) is 27.2 Å². The Hall–Kier alpha value is -2.73. The van der Waals surface area contributed by atoms with E-state index in [4.69, 9.17) is 0 Å². The van der Waals surface area contributed by atoms with Crippen LogP contribution in [-0.4, -0.2) is 21.0 Å². The van der Waals surface area contributed by atoms with Crippen LogP contribution in [0.15, 0.2) is 64.5 Å². The van der Waals surface area contributed by atoms with Crippen molar-refractivity contribution in [3.05, 3.63) is 87.3 Å². The minimum absolute atomic E-state index is 0.00327. The van der Waals surface area contributed by atoms with E-state index in [1.807, 2.05) is 42.5 Å². The highest BCUT2D eigenvalue weighted by molar-refractivity contribution is 7.98. The number of aryl methyl sites for hydroxylation is 1. The number of rotatable bonds is 5. The molecule has 6 heteroatoms. The molecule has 120 valence electrons. The van der Waals surface area contributed by atoms with Crippen molar-refractivity contribution in [3.63, 3.8) is 0 Å². The Morgan fingerprint density at radius 2 is 1.67 bits per heavy atom. The Morgan fingerprint density at radius 3 is 2.33 bits per heavy atom. The average Bonchev–Trinajstić information content (AvgIpc) is 2.63. The third-order valence-corrected chi connectivity index (χ3v) is 4.40. The van der Waals surface area contributed by atoms with Gasteiger partial charge in [-0.1, -0.05) is 66.4 Å². The fourth-order valence-corrected chi connectivity index (χ4v) is 2.86. The molecular weight excluding hydrogens is 322 g/mol. The van der Waals surface area contributed by atoms with Crippen molar-refractivity contribution in [1.82, 2.24) is 15.2 Å². The predicted molar refractivity (Wildman–Crippen MR) is 93.3 cm³/mol. The number of hydrogen-bond acceptors (Lipinski definition) is 5. The van der Waals surface area contributed by atoms with Gasteiger partial charge < -0.3 is 0 Å². The highest BCUT2D eigenvalue weighted by Crippen LogP contribution is 2.19. The fraction of sp³-hybridized carbons (Fsp3) is 0.111. The number of carbonyl (C=O) groups excluding carboxylic acids is 1. The Labute approximate surface area is 143 Å². The van der Waals surface area contributed by atoms with E-state index in [1.54, 1.807) is 19.1 Å². The quantitative estimate of drug-likeness (QED) is 0.572. The zero-order valence-electron chi connectivity index (χ0n) is 13.0. The second-order valence-corrected chi connectivity index (χ2v) is 6.19. The number of thioether (sulfide) groups is 1. The van der Waals surface area contributed by atoms with E-state index in [0.717, 1.165) is 5.56 Å². The van der Waals surface area contributed by atoms with Crippen LogP contribution < -0.4 is 5.56 Å². The molecule has 5 nitrogen and oxygen atoms in total. The Bertz CT molecular complexity index is 906. The second kappa shape index (κ2) is 7.23. The van der Waals surface area contributed by atoms with Gasteiger partial charge in [-0.3, -0.25) is 14.6 Å². The van der Waals surface area contributed by atoms with Gasteiger partial charge >= 0.3 is 0 Å². The van der Waals surface area contributed by atoms with E-state index >= 15 is 0 Å². The molecule has 0 aliphatic carbocycles. The van der Waals surface area contributed by atoms with Crippen molar-refractivity contribution in [1.29, 1.82) is 0 Å². The first kappa shape index (κ1) is 16.1. The lowest BCUT2D eigenvalue weighted by atomic mass is 10.0. The minimum atomic E-state index is -0.226. The Morgan fingerprint density at radius 1 is 1.00 bits per heavy atom. The van der Waals surface area contributed by atoms with Crippen molar-refractivity contribution >= 4 is 17.5 Å². The molecule has 0 aliphatic rings. The van der Waals surface area contributed by atoms with Gasteiger partial charge in [0.2, 0.25) is 0 Å². The van der Waals surface area contributed by atoms with Gasteiger partial charge in [0.1, 0.15) is 5.69 Å². The number of benzene rings is 2. The van der Waals surface area contributed by atoms with Crippen molar-refractivity contribution < 1.29 is 4.79 Å². The zero-order chi connectivity index (χ0) is 16.9. The van der Waals surface area contributed by atoms with Gasteiger partial charge in [0, 0.05) is 16.9 Å². The van der Waals surface area contributed by atoms with Crippen LogP contribution in [0.5, 0.6) is 0 Å². The summed E-state index contributed by atoms with van der Waals surface area (Å²) in [5, 5.41) is 8.23. The van der Waals surface area contributed by atoms with E-state index in [2.05, 4.69) is 15.2 Å². The third kappa shape index (κ3) is 3.78. The van der Waals surface area contributed by atoms with Gasteiger partial charge in [0.25, 0.3) is 5.56 Å². The van der Waals surface area contributed by atoms with Crippen LogP contribution in [0.2, 0.25) is 0 Å². The van der Waals surface area contributed by atoms with Crippen LogP contribution in [0.3, 0.4) is 0 Å². The van der Waals surface area contributed by atoms with Crippen molar-refractivity contribution in [2.45, 2.75) is 17.8 Å². The lowest BCUT2D eigenvalue weighted by molar-refractivity contribution is 0.103. The van der Waals surface area contributed by atoms with Gasteiger partial charge in [-0.25, -0.2) is 0 Å². The molecule has 0 saturated heterocycles. The molecule has 1 aromatic heterocycles. The number of carbonyl (C=O) groups is 1. The number of hydrogen-bond donors (Lipinski definition) is 1. The molecule has 0 radical (unpaired) electrons. The van der Waals surface area contributed by atoms with Crippen LogP contribution >= 0.6 is 11.8 Å². The molecule has 0 unspecified atom stereocenters. The number of nitrogens with one attached hydrogen (secondary N) is 1. The van der Waals surface area contributed by atoms with Gasteiger partial charge in [0.05, 0.1) is 0 Å². The lowest BCUT2D eigenvalue weighted by Crippen LogP contribution is -2.14. The maximum absolute atomic E-state index is 12.3. The first-order valence-electron chi connectivity index (χ1n) is 7.38. The molecule has 0 spiro atoms.